The number of hydrogen-bond acceptors (Lipinski definition) is 4. The molecule has 0 spiro atoms. The molecule has 7 heteroatoms. The summed E-state index contributed by atoms with van der Waals surface area (Å²) >= 11 is 0. The van der Waals surface area contributed by atoms with Crippen LogP contribution in [0.2, 0.25) is 0 Å². The summed E-state index contributed by atoms with van der Waals surface area (Å²) in [5, 5.41) is 26.0. The molecule has 4 atom stereocenters. The molecule has 12 heavy (non-hydrogen) atoms. The van der Waals surface area contributed by atoms with Crippen molar-refractivity contribution in [2.24, 2.45) is 0 Å². The maximum Gasteiger partial charge on any atom is 0.417 e. The smallest absolute Gasteiger partial charge is 0.387 e. The molecule has 0 aliphatic carbocycles. The highest BCUT2D eigenvalue weighted by Gasteiger charge is 2.55. The standard InChI is InChI=1S/C5H7F3O4/c6-5(7,8)3-1(9)2(10)4(11)12-3/h1-4,9-11H/t1-,2+,3+,4-/m1/s1. The van der Waals surface area contributed by atoms with Gasteiger partial charge in [0.05, 0.1) is 0 Å². The topological polar surface area (TPSA) is 69.9 Å². The van der Waals surface area contributed by atoms with Crippen LogP contribution in [0.25, 0.3) is 0 Å². The molecule has 0 unspecified atom stereocenters. The van der Waals surface area contributed by atoms with Gasteiger partial charge in [-0.2, -0.15) is 13.2 Å². The highest BCUT2D eigenvalue weighted by atomic mass is 19.4. The van der Waals surface area contributed by atoms with Crippen LogP contribution >= 0.6 is 0 Å². The summed E-state index contributed by atoms with van der Waals surface area (Å²) in [6.07, 6.45) is -13.3. The van der Waals surface area contributed by atoms with E-state index in [1.54, 1.807) is 0 Å². The number of rotatable bonds is 0. The van der Waals surface area contributed by atoms with Gasteiger partial charge >= 0.3 is 6.18 Å². The van der Waals surface area contributed by atoms with E-state index in [1.165, 1.54) is 0 Å². The second-order valence-electron chi connectivity index (χ2n) is 2.47. The molecule has 0 amide bonds. The summed E-state index contributed by atoms with van der Waals surface area (Å²) in [5.74, 6) is 0. The van der Waals surface area contributed by atoms with Crippen LogP contribution in [0.15, 0.2) is 0 Å². The monoisotopic (exact) mass is 188 g/mol. The Hall–Kier alpha value is -0.370. The van der Waals surface area contributed by atoms with Crippen LogP contribution in [0, 0.1) is 0 Å². The molecule has 0 saturated carbocycles. The van der Waals surface area contributed by atoms with Gasteiger partial charge in [0, 0.05) is 0 Å². The summed E-state index contributed by atoms with van der Waals surface area (Å²) in [7, 11) is 0. The molecule has 1 aliphatic heterocycles. The van der Waals surface area contributed by atoms with Gasteiger partial charge in [0.25, 0.3) is 0 Å². The molecule has 4 nitrogen and oxygen atoms in total. The van der Waals surface area contributed by atoms with Crippen molar-refractivity contribution in [1.82, 2.24) is 0 Å². The Labute approximate surface area is 65.2 Å². The van der Waals surface area contributed by atoms with Gasteiger partial charge in [-0.25, -0.2) is 0 Å². The van der Waals surface area contributed by atoms with Gasteiger partial charge < -0.3 is 20.1 Å². The first-order valence-electron chi connectivity index (χ1n) is 3.10. The second kappa shape index (κ2) is 2.84. The molecule has 1 heterocycles. The van der Waals surface area contributed by atoms with Crippen LogP contribution in [-0.4, -0.2) is 46.1 Å². The van der Waals surface area contributed by atoms with E-state index >= 15 is 0 Å². The van der Waals surface area contributed by atoms with Gasteiger partial charge in [-0.1, -0.05) is 0 Å². The molecule has 0 radical (unpaired) electrons. The molecular weight excluding hydrogens is 181 g/mol. The first-order valence-corrected chi connectivity index (χ1v) is 3.10. The lowest BCUT2D eigenvalue weighted by molar-refractivity contribution is -0.248. The predicted octanol–water partition coefficient (Wildman–Crippen LogP) is -1.01. The Morgan fingerprint density at radius 1 is 1.00 bits per heavy atom. The van der Waals surface area contributed by atoms with Crippen molar-refractivity contribution in [3.63, 3.8) is 0 Å². The Bertz CT molecular complexity index is 171. The zero-order valence-corrected chi connectivity index (χ0v) is 5.69. The summed E-state index contributed by atoms with van der Waals surface area (Å²) in [5.41, 5.74) is 0. The Morgan fingerprint density at radius 2 is 1.50 bits per heavy atom. The minimum Gasteiger partial charge on any atom is -0.387 e. The van der Waals surface area contributed by atoms with E-state index < -0.39 is 30.8 Å². The van der Waals surface area contributed by atoms with Gasteiger partial charge in [-0.15, -0.1) is 0 Å². The number of aliphatic hydroxyl groups excluding tert-OH is 3. The van der Waals surface area contributed by atoms with Gasteiger partial charge in [-0.05, 0) is 0 Å². The van der Waals surface area contributed by atoms with Gasteiger partial charge in [-0.3, -0.25) is 0 Å². The van der Waals surface area contributed by atoms with Crippen molar-refractivity contribution < 1.29 is 33.2 Å². The highest BCUT2D eigenvalue weighted by Crippen LogP contribution is 2.32. The number of aliphatic hydroxyl groups is 3. The van der Waals surface area contributed by atoms with Crippen LogP contribution in [0.1, 0.15) is 0 Å². The maximum atomic E-state index is 11.9. The number of halogens is 3. The summed E-state index contributed by atoms with van der Waals surface area (Å²) in [6, 6.07) is 0. The average Bonchev–Trinajstić information content (AvgIpc) is 2.15. The van der Waals surface area contributed by atoms with E-state index in [1.807, 2.05) is 0 Å². The van der Waals surface area contributed by atoms with Gasteiger partial charge in [0.2, 0.25) is 0 Å². The largest absolute Gasteiger partial charge is 0.417 e. The van der Waals surface area contributed by atoms with Crippen LogP contribution in [-0.2, 0) is 4.74 Å². The van der Waals surface area contributed by atoms with E-state index in [-0.39, 0.29) is 0 Å². The molecule has 1 saturated heterocycles. The fraction of sp³-hybridized carbons (Fsp3) is 1.00. The van der Waals surface area contributed by atoms with Crippen molar-refractivity contribution in [3.8, 4) is 0 Å². The number of ether oxygens (including phenoxy) is 1. The number of alkyl halides is 3. The van der Waals surface area contributed by atoms with Gasteiger partial charge in [0.15, 0.2) is 12.4 Å². The Kier molecular flexibility index (Phi) is 2.30. The van der Waals surface area contributed by atoms with Crippen LogP contribution < -0.4 is 0 Å². The van der Waals surface area contributed by atoms with Crippen LogP contribution in [0.4, 0.5) is 13.2 Å². The molecule has 1 aliphatic rings. The lowest BCUT2D eigenvalue weighted by Crippen LogP contribution is -2.40. The fourth-order valence-corrected chi connectivity index (χ4v) is 0.930. The minimum atomic E-state index is -4.78. The lowest BCUT2D eigenvalue weighted by Gasteiger charge is -2.16. The molecule has 1 rings (SSSR count). The minimum absolute atomic E-state index is 1.91. The van der Waals surface area contributed by atoms with E-state index in [4.69, 9.17) is 15.3 Å². The predicted molar refractivity (Wildman–Crippen MR) is 28.9 cm³/mol. The molecule has 3 N–H and O–H groups in total. The first-order chi connectivity index (χ1) is 5.34. The van der Waals surface area contributed by atoms with E-state index in [2.05, 4.69) is 4.74 Å². The van der Waals surface area contributed by atoms with E-state index in [0.717, 1.165) is 0 Å². The maximum absolute atomic E-state index is 11.9. The van der Waals surface area contributed by atoms with Crippen molar-refractivity contribution in [2.75, 3.05) is 0 Å². The van der Waals surface area contributed by atoms with E-state index in [9.17, 15) is 13.2 Å². The third kappa shape index (κ3) is 1.53. The molecule has 0 aromatic carbocycles. The molecule has 0 bridgehead atoms. The molecule has 0 aromatic rings. The number of hydrogen-bond donors (Lipinski definition) is 3. The zero-order chi connectivity index (χ0) is 9.52. The van der Waals surface area contributed by atoms with E-state index in [0.29, 0.717) is 0 Å². The average molecular weight is 188 g/mol. The third-order valence-electron chi connectivity index (χ3n) is 1.56. The molecular formula is C5H7F3O4. The van der Waals surface area contributed by atoms with Crippen LogP contribution in [0.5, 0.6) is 0 Å². The quantitative estimate of drug-likeness (QED) is 0.455. The second-order valence-corrected chi connectivity index (χ2v) is 2.47. The van der Waals surface area contributed by atoms with Crippen molar-refractivity contribution in [1.29, 1.82) is 0 Å². The van der Waals surface area contributed by atoms with Crippen molar-refractivity contribution in [3.05, 3.63) is 0 Å². The van der Waals surface area contributed by atoms with Crippen molar-refractivity contribution in [2.45, 2.75) is 30.8 Å². The first kappa shape index (κ1) is 9.72. The summed E-state index contributed by atoms with van der Waals surface area (Å²) in [4.78, 5) is 0. The van der Waals surface area contributed by atoms with Gasteiger partial charge in [0.1, 0.15) is 12.2 Å². The Morgan fingerprint density at radius 3 is 1.67 bits per heavy atom. The summed E-state index contributed by atoms with van der Waals surface area (Å²) < 4.78 is 39.4. The molecule has 72 valence electrons. The van der Waals surface area contributed by atoms with Crippen LogP contribution in [0.3, 0.4) is 0 Å². The molecule has 1 fully saturated rings. The summed E-state index contributed by atoms with van der Waals surface area (Å²) in [6.45, 7) is 0. The highest BCUT2D eigenvalue weighted by molar-refractivity contribution is 4.89. The zero-order valence-electron chi connectivity index (χ0n) is 5.69. The fourth-order valence-electron chi connectivity index (χ4n) is 0.930. The Balaban J connectivity index is 2.71. The normalized spacial score (nSPS) is 43.5. The third-order valence-corrected chi connectivity index (χ3v) is 1.56. The van der Waals surface area contributed by atoms with Crippen molar-refractivity contribution >= 4 is 0 Å². The lowest BCUT2D eigenvalue weighted by atomic mass is 10.1. The SMILES string of the molecule is O[C@@H]1[C@H](O)[C@H](O)O[C@@H]1C(F)(F)F. The molecule has 0 aromatic heterocycles.